The quantitative estimate of drug-likeness (QED) is 0.629. The molecule has 0 fully saturated rings. The van der Waals surface area contributed by atoms with Gasteiger partial charge in [0, 0.05) is 32.1 Å². The molecule has 22 heavy (non-hydrogen) atoms. The highest BCUT2D eigenvalue weighted by molar-refractivity contribution is 5.97. The smallest absolute Gasteiger partial charge is 0.306 e. The number of hydrogen-bond acceptors (Lipinski definition) is 4. The lowest BCUT2D eigenvalue weighted by Crippen LogP contribution is -2.33. The van der Waals surface area contributed by atoms with Crippen molar-refractivity contribution in [3.8, 4) is 0 Å². The Bertz CT molecular complexity index is 571. The molecule has 1 aliphatic heterocycles. The fourth-order valence-electron chi connectivity index (χ4n) is 2.39. The molecule has 0 aliphatic carbocycles. The molecule has 0 radical (unpaired) electrons. The fourth-order valence-corrected chi connectivity index (χ4v) is 2.39. The molecule has 2 amide bonds. The zero-order valence-electron chi connectivity index (χ0n) is 12.6. The number of para-hydroxylation sites is 1. The van der Waals surface area contributed by atoms with Gasteiger partial charge >= 0.3 is 5.97 Å². The third kappa shape index (κ3) is 4.31. The van der Waals surface area contributed by atoms with E-state index in [2.05, 4.69) is 5.32 Å². The molecule has 1 aromatic carbocycles. The first-order chi connectivity index (χ1) is 10.6. The summed E-state index contributed by atoms with van der Waals surface area (Å²) in [6.45, 7) is 2.23. The molecule has 0 unspecified atom stereocenters. The van der Waals surface area contributed by atoms with E-state index in [-0.39, 0.29) is 24.8 Å². The van der Waals surface area contributed by atoms with Crippen LogP contribution in [0.25, 0.3) is 0 Å². The minimum Gasteiger partial charge on any atom is -0.456 e. The van der Waals surface area contributed by atoms with Gasteiger partial charge in [0.15, 0.2) is 6.61 Å². The van der Waals surface area contributed by atoms with Crippen LogP contribution in [0.4, 0.5) is 5.69 Å². The van der Waals surface area contributed by atoms with Crippen molar-refractivity contribution in [2.24, 2.45) is 0 Å². The van der Waals surface area contributed by atoms with E-state index in [1.807, 2.05) is 24.3 Å². The maximum absolute atomic E-state index is 12.1. The molecule has 1 heterocycles. The summed E-state index contributed by atoms with van der Waals surface area (Å²) >= 11 is 0. The van der Waals surface area contributed by atoms with E-state index in [1.165, 1.54) is 6.92 Å². The monoisotopic (exact) mass is 304 g/mol. The largest absolute Gasteiger partial charge is 0.456 e. The van der Waals surface area contributed by atoms with Crippen molar-refractivity contribution in [3.63, 3.8) is 0 Å². The zero-order valence-corrected chi connectivity index (χ0v) is 12.6. The topological polar surface area (TPSA) is 75.7 Å². The third-order valence-corrected chi connectivity index (χ3v) is 3.48. The Morgan fingerprint density at radius 3 is 2.82 bits per heavy atom. The van der Waals surface area contributed by atoms with Crippen molar-refractivity contribution in [1.82, 2.24) is 5.32 Å². The number of nitrogens with zero attached hydrogens (tertiary/aromatic N) is 1. The van der Waals surface area contributed by atoms with Crippen molar-refractivity contribution >= 4 is 23.5 Å². The number of fused-ring (bicyclic) bond motifs is 1. The number of anilines is 1. The second-order valence-corrected chi connectivity index (χ2v) is 5.17. The minimum absolute atomic E-state index is 0.128. The van der Waals surface area contributed by atoms with Crippen LogP contribution in [0.1, 0.15) is 25.3 Å². The summed E-state index contributed by atoms with van der Waals surface area (Å²) in [7, 11) is 0. The molecule has 1 aromatic rings. The number of carbonyl (C=O) groups excluding carboxylic acids is 3. The third-order valence-electron chi connectivity index (χ3n) is 3.48. The van der Waals surface area contributed by atoms with Gasteiger partial charge in [0.25, 0.3) is 5.91 Å². The summed E-state index contributed by atoms with van der Waals surface area (Å²) in [6.07, 6.45) is 1.51. The Kier molecular flexibility index (Phi) is 5.52. The average Bonchev–Trinajstić information content (AvgIpc) is 2.93. The van der Waals surface area contributed by atoms with Gasteiger partial charge in [0.05, 0.1) is 0 Å². The first-order valence-corrected chi connectivity index (χ1v) is 7.36. The van der Waals surface area contributed by atoms with E-state index in [4.69, 9.17) is 4.74 Å². The number of esters is 1. The van der Waals surface area contributed by atoms with Gasteiger partial charge in [0.2, 0.25) is 5.91 Å². The molecule has 0 spiro atoms. The van der Waals surface area contributed by atoms with Crippen LogP contribution in [0.5, 0.6) is 0 Å². The lowest BCUT2D eigenvalue weighted by Gasteiger charge is -2.17. The van der Waals surface area contributed by atoms with E-state index in [0.717, 1.165) is 17.7 Å². The number of benzene rings is 1. The molecule has 0 saturated heterocycles. The summed E-state index contributed by atoms with van der Waals surface area (Å²) in [5, 5.41) is 2.60. The second kappa shape index (κ2) is 7.59. The Hall–Kier alpha value is -2.37. The maximum Gasteiger partial charge on any atom is 0.306 e. The number of rotatable bonds is 6. The van der Waals surface area contributed by atoms with Crippen LogP contribution in [0.15, 0.2) is 24.3 Å². The van der Waals surface area contributed by atoms with Crippen molar-refractivity contribution < 1.29 is 19.1 Å². The van der Waals surface area contributed by atoms with Crippen LogP contribution in [0.2, 0.25) is 0 Å². The first-order valence-electron chi connectivity index (χ1n) is 7.36. The number of amides is 2. The number of carbonyl (C=O) groups is 3. The minimum atomic E-state index is -0.425. The predicted molar refractivity (Wildman–Crippen MR) is 81.4 cm³/mol. The van der Waals surface area contributed by atoms with Crippen molar-refractivity contribution in [1.29, 1.82) is 0 Å². The molecule has 2 rings (SSSR count). The zero-order chi connectivity index (χ0) is 15.9. The Morgan fingerprint density at radius 1 is 1.27 bits per heavy atom. The van der Waals surface area contributed by atoms with E-state index >= 15 is 0 Å². The van der Waals surface area contributed by atoms with E-state index in [0.29, 0.717) is 19.5 Å². The van der Waals surface area contributed by atoms with Gasteiger partial charge in [-0.2, -0.15) is 0 Å². The lowest BCUT2D eigenvalue weighted by atomic mass is 10.2. The molecule has 6 nitrogen and oxygen atoms in total. The normalized spacial score (nSPS) is 12.7. The number of hydrogen-bond donors (Lipinski definition) is 1. The molecule has 0 bridgehead atoms. The molecule has 6 heteroatoms. The van der Waals surface area contributed by atoms with Gasteiger partial charge in [-0.3, -0.25) is 14.4 Å². The fraction of sp³-hybridized carbons (Fsp3) is 0.438. The average molecular weight is 304 g/mol. The SMILES string of the molecule is CC(=O)NCCCC(=O)OCC(=O)N1CCc2ccccc21. The van der Waals surface area contributed by atoms with Crippen LogP contribution in [-0.2, 0) is 25.5 Å². The van der Waals surface area contributed by atoms with E-state index < -0.39 is 5.97 Å². The molecule has 1 aliphatic rings. The van der Waals surface area contributed by atoms with Crippen LogP contribution >= 0.6 is 0 Å². The number of nitrogens with one attached hydrogen (secondary N) is 1. The van der Waals surface area contributed by atoms with Crippen molar-refractivity contribution in [3.05, 3.63) is 29.8 Å². The van der Waals surface area contributed by atoms with Gasteiger partial charge in [-0.1, -0.05) is 18.2 Å². The Morgan fingerprint density at radius 2 is 2.05 bits per heavy atom. The predicted octanol–water partition coefficient (Wildman–Crippen LogP) is 1.04. The van der Waals surface area contributed by atoms with Crippen molar-refractivity contribution in [2.45, 2.75) is 26.2 Å². The summed E-state index contributed by atoms with van der Waals surface area (Å²) < 4.78 is 5.00. The maximum atomic E-state index is 12.1. The highest BCUT2D eigenvalue weighted by Crippen LogP contribution is 2.27. The van der Waals surface area contributed by atoms with Gasteiger partial charge in [0.1, 0.15) is 0 Å². The van der Waals surface area contributed by atoms with E-state index in [9.17, 15) is 14.4 Å². The molecular weight excluding hydrogens is 284 g/mol. The summed E-state index contributed by atoms with van der Waals surface area (Å²) in [5.74, 6) is -0.761. The lowest BCUT2D eigenvalue weighted by molar-refractivity contribution is -0.147. The summed E-state index contributed by atoms with van der Waals surface area (Å²) in [6, 6.07) is 7.73. The summed E-state index contributed by atoms with van der Waals surface area (Å²) in [5.41, 5.74) is 2.03. The van der Waals surface area contributed by atoms with Crippen molar-refractivity contribution in [2.75, 3.05) is 24.6 Å². The molecule has 0 aromatic heterocycles. The highest BCUT2D eigenvalue weighted by Gasteiger charge is 2.24. The van der Waals surface area contributed by atoms with E-state index in [1.54, 1.807) is 4.90 Å². The molecule has 0 atom stereocenters. The van der Waals surface area contributed by atoms with Crippen LogP contribution in [-0.4, -0.2) is 37.5 Å². The molecule has 1 N–H and O–H groups in total. The summed E-state index contributed by atoms with van der Waals surface area (Å²) in [4.78, 5) is 36.0. The van der Waals surface area contributed by atoms with Crippen LogP contribution in [0, 0.1) is 0 Å². The standard InChI is InChI=1S/C16H20N2O4/c1-12(19)17-9-4-7-16(21)22-11-15(20)18-10-8-13-5-2-3-6-14(13)18/h2-3,5-6H,4,7-11H2,1H3,(H,17,19). The molecule has 118 valence electrons. The van der Waals surface area contributed by atoms with Crippen LogP contribution in [0.3, 0.4) is 0 Å². The highest BCUT2D eigenvalue weighted by atomic mass is 16.5. The first kappa shape index (κ1) is 16.0. The Balaban J connectivity index is 1.72. The van der Waals surface area contributed by atoms with Gasteiger partial charge in [-0.05, 0) is 24.5 Å². The number of ether oxygens (including phenoxy) is 1. The second-order valence-electron chi connectivity index (χ2n) is 5.17. The van der Waals surface area contributed by atoms with Gasteiger partial charge in [-0.15, -0.1) is 0 Å². The van der Waals surface area contributed by atoms with Gasteiger partial charge in [-0.25, -0.2) is 0 Å². The van der Waals surface area contributed by atoms with Gasteiger partial charge < -0.3 is 15.0 Å². The molecular formula is C16H20N2O4. The Labute approximate surface area is 129 Å². The van der Waals surface area contributed by atoms with Crippen LogP contribution < -0.4 is 10.2 Å². The molecule has 0 saturated carbocycles.